The molecule has 0 fully saturated rings. The third-order valence-electron chi connectivity index (χ3n) is 1.60. The number of rotatable bonds is 4. The summed E-state index contributed by atoms with van der Waals surface area (Å²) in [4.78, 5) is 0. The molecule has 92 valence electrons. The lowest BCUT2D eigenvalue weighted by Gasteiger charge is -2.31. The Bertz CT molecular complexity index is 214. The van der Waals surface area contributed by atoms with Crippen LogP contribution in [0.25, 0.3) is 0 Å². The minimum absolute atomic E-state index is 0.855. The van der Waals surface area contributed by atoms with Gasteiger partial charge in [0.25, 0.3) is 0 Å². The summed E-state index contributed by atoms with van der Waals surface area (Å²) >= 11 is 0. The number of hydrogen-bond acceptors (Lipinski definition) is 2. The summed E-state index contributed by atoms with van der Waals surface area (Å²) in [6.07, 6.45) is -10.0. The molecule has 0 radical (unpaired) electrons. The highest BCUT2D eigenvalue weighted by Gasteiger charge is 2.62. The van der Waals surface area contributed by atoms with Crippen LogP contribution in [-0.4, -0.2) is 29.9 Å². The molecule has 0 saturated heterocycles. The van der Waals surface area contributed by atoms with E-state index in [9.17, 15) is 26.3 Å². The predicted octanol–water partition coefficient (Wildman–Crippen LogP) is 2.47. The molecule has 0 aliphatic rings. The molecule has 0 saturated carbocycles. The maximum absolute atomic E-state index is 12.8. The number of aliphatic hydroxyl groups excluding tert-OH is 1. The van der Waals surface area contributed by atoms with Crippen molar-refractivity contribution >= 4 is 0 Å². The van der Waals surface area contributed by atoms with E-state index in [-0.39, 0.29) is 0 Å². The molecule has 2 nitrogen and oxygen atoms in total. The van der Waals surface area contributed by atoms with Crippen molar-refractivity contribution < 1.29 is 36.2 Å². The van der Waals surface area contributed by atoms with Crippen LogP contribution in [0.3, 0.4) is 0 Å². The SMILES string of the molecule is CC(C)C(F)(F)OC(F)(CO)C(F)(F)F. The molecule has 1 atom stereocenters. The Morgan fingerprint density at radius 2 is 1.47 bits per heavy atom. The van der Waals surface area contributed by atoms with Crippen molar-refractivity contribution in [2.45, 2.75) is 32.0 Å². The normalized spacial score (nSPS) is 18.0. The van der Waals surface area contributed by atoms with Gasteiger partial charge in [-0.05, 0) is 0 Å². The summed E-state index contributed by atoms with van der Waals surface area (Å²) < 4.78 is 76.9. The lowest BCUT2D eigenvalue weighted by atomic mass is 10.2. The van der Waals surface area contributed by atoms with Gasteiger partial charge in [0.1, 0.15) is 6.61 Å². The molecule has 0 aromatic heterocycles. The Morgan fingerprint density at radius 3 is 1.67 bits per heavy atom. The first-order valence-electron chi connectivity index (χ1n) is 3.91. The van der Waals surface area contributed by atoms with Crippen molar-refractivity contribution in [1.29, 1.82) is 0 Å². The van der Waals surface area contributed by atoms with Gasteiger partial charge in [-0.3, -0.25) is 4.74 Å². The Balaban J connectivity index is 4.88. The molecule has 15 heavy (non-hydrogen) atoms. The lowest BCUT2D eigenvalue weighted by Crippen LogP contribution is -2.52. The Morgan fingerprint density at radius 1 is 1.07 bits per heavy atom. The maximum atomic E-state index is 12.8. The Kier molecular flexibility index (Phi) is 4.03. The summed E-state index contributed by atoms with van der Waals surface area (Å²) in [5.41, 5.74) is 0. The summed E-state index contributed by atoms with van der Waals surface area (Å²) in [7, 11) is 0. The van der Waals surface area contributed by atoms with E-state index in [1.54, 1.807) is 0 Å². The lowest BCUT2D eigenvalue weighted by molar-refractivity contribution is -0.426. The molecule has 8 heteroatoms. The van der Waals surface area contributed by atoms with Gasteiger partial charge in [0.2, 0.25) is 0 Å². The van der Waals surface area contributed by atoms with Gasteiger partial charge in [0.15, 0.2) is 0 Å². The fraction of sp³-hybridized carbons (Fsp3) is 1.00. The maximum Gasteiger partial charge on any atom is 0.451 e. The van der Waals surface area contributed by atoms with E-state index in [2.05, 4.69) is 4.74 Å². The van der Waals surface area contributed by atoms with Crippen LogP contribution in [0, 0.1) is 5.92 Å². The van der Waals surface area contributed by atoms with Crippen molar-refractivity contribution in [3.63, 3.8) is 0 Å². The highest BCUT2D eigenvalue weighted by atomic mass is 19.4. The van der Waals surface area contributed by atoms with Crippen molar-refractivity contribution in [2.75, 3.05) is 6.61 Å². The predicted molar refractivity (Wildman–Crippen MR) is 37.8 cm³/mol. The number of halogens is 6. The first-order valence-corrected chi connectivity index (χ1v) is 3.91. The van der Waals surface area contributed by atoms with E-state index in [1.165, 1.54) is 0 Å². The molecular weight excluding hydrogens is 230 g/mol. The van der Waals surface area contributed by atoms with Crippen molar-refractivity contribution in [3.8, 4) is 0 Å². The monoisotopic (exact) mass is 240 g/mol. The summed E-state index contributed by atoms with van der Waals surface area (Å²) in [5, 5.41) is 8.11. The average molecular weight is 240 g/mol. The largest absolute Gasteiger partial charge is 0.451 e. The molecule has 1 N–H and O–H groups in total. The molecule has 0 aromatic carbocycles. The zero-order chi connectivity index (χ0) is 12.5. The van der Waals surface area contributed by atoms with Crippen LogP contribution in [0.15, 0.2) is 0 Å². The van der Waals surface area contributed by atoms with E-state index in [0.29, 0.717) is 0 Å². The van der Waals surface area contributed by atoms with E-state index < -0.39 is 30.7 Å². The van der Waals surface area contributed by atoms with Gasteiger partial charge in [-0.2, -0.15) is 26.3 Å². The first kappa shape index (κ1) is 14.5. The minimum Gasteiger partial charge on any atom is -0.390 e. The standard InChI is InChI=1S/C7H10F6O2/c1-4(2)6(9,10)15-5(8,3-14)7(11,12)13/h4,14H,3H2,1-2H3. The Hall–Kier alpha value is -0.500. The molecule has 0 bridgehead atoms. The second-order valence-corrected chi connectivity index (χ2v) is 3.20. The highest BCUT2D eigenvalue weighted by molar-refractivity contribution is 4.79. The minimum atomic E-state index is -5.72. The molecule has 0 heterocycles. The topological polar surface area (TPSA) is 29.5 Å². The smallest absolute Gasteiger partial charge is 0.390 e. The van der Waals surface area contributed by atoms with Crippen LogP contribution in [0.1, 0.15) is 13.8 Å². The third kappa shape index (κ3) is 3.23. The molecule has 0 aliphatic heterocycles. The van der Waals surface area contributed by atoms with Gasteiger partial charge in [0.05, 0.1) is 0 Å². The van der Waals surface area contributed by atoms with Crippen molar-refractivity contribution in [3.05, 3.63) is 0 Å². The van der Waals surface area contributed by atoms with Crippen LogP contribution >= 0.6 is 0 Å². The van der Waals surface area contributed by atoms with Gasteiger partial charge in [-0.25, -0.2) is 0 Å². The zero-order valence-electron chi connectivity index (χ0n) is 7.91. The van der Waals surface area contributed by atoms with Gasteiger partial charge in [-0.15, -0.1) is 0 Å². The summed E-state index contributed by atoms with van der Waals surface area (Å²) in [6.45, 7) is -0.513. The fourth-order valence-electron chi connectivity index (χ4n) is 0.513. The van der Waals surface area contributed by atoms with Crippen molar-refractivity contribution in [2.24, 2.45) is 5.92 Å². The second kappa shape index (κ2) is 4.17. The van der Waals surface area contributed by atoms with Crippen LogP contribution < -0.4 is 0 Å². The number of alkyl halides is 6. The number of aliphatic hydroxyl groups is 1. The quantitative estimate of drug-likeness (QED) is 0.765. The second-order valence-electron chi connectivity index (χ2n) is 3.20. The van der Waals surface area contributed by atoms with E-state index in [1.807, 2.05) is 0 Å². The first-order chi connectivity index (χ1) is 6.46. The highest BCUT2D eigenvalue weighted by Crippen LogP contribution is 2.41. The van der Waals surface area contributed by atoms with Crippen LogP contribution in [0.5, 0.6) is 0 Å². The number of ether oxygens (including phenoxy) is 1. The molecular formula is C7H10F6O2. The van der Waals surface area contributed by atoms with Crippen molar-refractivity contribution in [1.82, 2.24) is 0 Å². The molecule has 0 aliphatic carbocycles. The fourth-order valence-corrected chi connectivity index (χ4v) is 0.513. The van der Waals surface area contributed by atoms with Gasteiger partial charge in [0, 0.05) is 5.92 Å². The van der Waals surface area contributed by atoms with Gasteiger partial charge >= 0.3 is 18.1 Å². The number of hydrogen-bond donors (Lipinski definition) is 1. The van der Waals surface area contributed by atoms with Gasteiger partial charge < -0.3 is 5.11 Å². The molecule has 1 unspecified atom stereocenters. The zero-order valence-corrected chi connectivity index (χ0v) is 7.91. The van der Waals surface area contributed by atoms with E-state index >= 15 is 0 Å². The molecule has 0 spiro atoms. The van der Waals surface area contributed by atoms with Crippen LogP contribution in [0.4, 0.5) is 26.3 Å². The van der Waals surface area contributed by atoms with Crippen LogP contribution in [0.2, 0.25) is 0 Å². The summed E-state index contributed by atoms with van der Waals surface area (Å²) in [5.74, 6) is -6.40. The van der Waals surface area contributed by atoms with E-state index in [4.69, 9.17) is 5.11 Å². The molecule has 0 aromatic rings. The average Bonchev–Trinajstić information content (AvgIpc) is 2.01. The molecule has 0 amide bonds. The third-order valence-corrected chi connectivity index (χ3v) is 1.60. The summed E-state index contributed by atoms with van der Waals surface area (Å²) in [6, 6.07) is 0. The van der Waals surface area contributed by atoms with E-state index in [0.717, 1.165) is 13.8 Å². The molecule has 0 rings (SSSR count). The Labute approximate surface area is 81.8 Å². The van der Waals surface area contributed by atoms with Crippen LogP contribution in [-0.2, 0) is 4.74 Å². The van der Waals surface area contributed by atoms with Gasteiger partial charge in [-0.1, -0.05) is 13.8 Å².